The molecule has 1 atom stereocenters. The molecule has 3 nitrogen and oxygen atoms in total. The van der Waals surface area contributed by atoms with Crippen LogP contribution < -0.4 is 10.6 Å². The van der Waals surface area contributed by atoms with Crippen molar-refractivity contribution in [3.05, 3.63) is 0 Å². The van der Waals surface area contributed by atoms with Crippen molar-refractivity contribution in [3.63, 3.8) is 0 Å². The zero-order valence-electron chi connectivity index (χ0n) is 10.3. The first-order valence-electron chi connectivity index (χ1n) is 5.29. The van der Waals surface area contributed by atoms with Crippen molar-refractivity contribution in [1.82, 2.24) is 10.6 Å². The van der Waals surface area contributed by atoms with Gasteiger partial charge in [-0.2, -0.15) is 0 Å². The third-order valence-electron chi connectivity index (χ3n) is 1.69. The van der Waals surface area contributed by atoms with Crippen LogP contribution in [0, 0.1) is 5.92 Å². The van der Waals surface area contributed by atoms with Gasteiger partial charge in [-0.1, -0.05) is 13.8 Å². The van der Waals surface area contributed by atoms with Gasteiger partial charge in [0.25, 0.3) is 0 Å². The summed E-state index contributed by atoms with van der Waals surface area (Å²) in [6, 6.07) is 0.156. The summed E-state index contributed by atoms with van der Waals surface area (Å²) in [6.07, 6.45) is 1.01. The predicted molar refractivity (Wildman–Crippen MR) is 60.3 cm³/mol. The highest BCUT2D eigenvalue weighted by molar-refractivity contribution is 5.74. The number of amides is 2. The molecule has 14 heavy (non-hydrogen) atoms. The summed E-state index contributed by atoms with van der Waals surface area (Å²) in [7, 11) is 0. The second-order valence-electron chi connectivity index (χ2n) is 5.38. The summed E-state index contributed by atoms with van der Waals surface area (Å²) in [5, 5.41) is 5.79. The van der Waals surface area contributed by atoms with Gasteiger partial charge in [0, 0.05) is 11.6 Å². The van der Waals surface area contributed by atoms with E-state index in [0.29, 0.717) is 5.92 Å². The van der Waals surface area contributed by atoms with E-state index in [1.54, 1.807) is 0 Å². The molecule has 0 aliphatic rings. The monoisotopic (exact) mass is 200 g/mol. The van der Waals surface area contributed by atoms with Crippen LogP contribution >= 0.6 is 0 Å². The van der Waals surface area contributed by atoms with Crippen LogP contribution in [-0.2, 0) is 0 Å². The Kier molecular flexibility index (Phi) is 4.95. The number of rotatable bonds is 3. The molecule has 0 aromatic rings. The highest BCUT2D eigenvalue weighted by Gasteiger charge is 2.15. The fourth-order valence-corrected chi connectivity index (χ4v) is 1.37. The molecule has 0 aliphatic carbocycles. The Labute approximate surface area is 87.6 Å². The minimum absolute atomic E-state index is 0.0781. The molecule has 0 fully saturated rings. The molecular formula is C11H24N2O. The maximum absolute atomic E-state index is 11.4. The minimum atomic E-state index is -0.165. The van der Waals surface area contributed by atoms with E-state index in [1.165, 1.54) is 0 Å². The number of carbonyl (C=O) groups excluding carboxylic acids is 1. The molecule has 0 saturated heterocycles. The lowest BCUT2D eigenvalue weighted by Gasteiger charge is -2.23. The summed E-state index contributed by atoms with van der Waals surface area (Å²) in [4.78, 5) is 11.4. The van der Waals surface area contributed by atoms with Crippen molar-refractivity contribution in [2.45, 2.75) is 59.5 Å². The van der Waals surface area contributed by atoms with Crippen molar-refractivity contribution in [1.29, 1.82) is 0 Å². The average molecular weight is 200 g/mol. The molecule has 84 valence electrons. The van der Waals surface area contributed by atoms with E-state index in [9.17, 15) is 4.79 Å². The SMILES string of the molecule is CC(C)CC(C)NC(=O)NC(C)(C)C. The first-order valence-corrected chi connectivity index (χ1v) is 5.29. The largest absolute Gasteiger partial charge is 0.336 e. The van der Waals surface area contributed by atoms with E-state index in [1.807, 2.05) is 27.7 Å². The lowest BCUT2D eigenvalue weighted by molar-refractivity contribution is 0.227. The second-order valence-corrected chi connectivity index (χ2v) is 5.38. The molecule has 0 aromatic heterocycles. The highest BCUT2D eigenvalue weighted by Crippen LogP contribution is 2.04. The first kappa shape index (κ1) is 13.3. The Morgan fingerprint density at radius 1 is 1.21 bits per heavy atom. The van der Waals surface area contributed by atoms with Crippen LogP contribution in [0.2, 0.25) is 0 Å². The van der Waals surface area contributed by atoms with Crippen LogP contribution in [0.1, 0.15) is 48.0 Å². The van der Waals surface area contributed by atoms with E-state index in [4.69, 9.17) is 0 Å². The topological polar surface area (TPSA) is 41.1 Å². The van der Waals surface area contributed by atoms with Gasteiger partial charge >= 0.3 is 6.03 Å². The molecule has 0 saturated carbocycles. The summed E-state index contributed by atoms with van der Waals surface area (Å²) in [5.74, 6) is 0.611. The maximum atomic E-state index is 11.4. The van der Waals surface area contributed by atoms with Gasteiger partial charge in [-0.3, -0.25) is 0 Å². The fraction of sp³-hybridized carbons (Fsp3) is 0.909. The lowest BCUT2D eigenvalue weighted by atomic mass is 10.1. The van der Waals surface area contributed by atoms with Gasteiger partial charge in [-0.05, 0) is 40.0 Å². The van der Waals surface area contributed by atoms with Gasteiger partial charge in [-0.25, -0.2) is 4.79 Å². The van der Waals surface area contributed by atoms with E-state index in [2.05, 4.69) is 24.5 Å². The summed E-state index contributed by atoms with van der Waals surface area (Å²) < 4.78 is 0. The zero-order valence-corrected chi connectivity index (χ0v) is 10.3. The quantitative estimate of drug-likeness (QED) is 0.722. The lowest BCUT2D eigenvalue weighted by Crippen LogP contribution is -2.49. The Morgan fingerprint density at radius 2 is 1.71 bits per heavy atom. The normalized spacial score (nSPS) is 13.9. The van der Waals surface area contributed by atoms with E-state index in [0.717, 1.165) is 6.42 Å². The molecule has 0 bridgehead atoms. The molecule has 0 spiro atoms. The third-order valence-corrected chi connectivity index (χ3v) is 1.69. The van der Waals surface area contributed by atoms with E-state index in [-0.39, 0.29) is 17.6 Å². The van der Waals surface area contributed by atoms with Crippen molar-refractivity contribution in [3.8, 4) is 0 Å². The molecule has 2 amide bonds. The fourth-order valence-electron chi connectivity index (χ4n) is 1.37. The van der Waals surface area contributed by atoms with Gasteiger partial charge in [0.05, 0.1) is 0 Å². The molecule has 0 rings (SSSR count). The van der Waals surface area contributed by atoms with Crippen molar-refractivity contribution in [2.75, 3.05) is 0 Å². The number of urea groups is 1. The number of carbonyl (C=O) groups is 1. The number of hydrogen-bond donors (Lipinski definition) is 2. The Balaban J connectivity index is 3.83. The van der Waals surface area contributed by atoms with Gasteiger partial charge in [-0.15, -0.1) is 0 Å². The molecule has 1 unspecified atom stereocenters. The van der Waals surface area contributed by atoms with Gasteiger partial charge in [0.2, 0.25) is 0 Å². The molecule has 0 aromatic carbocycles. The van der Waals surface area contributed by atoms with Crippen LogP contribution in [0.25, 0.3) is 0 Å². The van der Waals surface area contributed by atoms with E-state index >= 15 is 0 Å². The van der Waals surface area contributed by atoms with Crippen LogP contribution in [0.3, 0.4) is 0 Å². The van der Waals surface area contributed by atoms with Crippen LogP contribution in [0.4, 0.5) is 4.79 Å². The summed E-state index contributed by atoms with van der Waals surface area (Å²) in [6.45, 7) is 12.3. The summed E-state index contributed by atoms with van der Waals surface area (Å²) >= 11 is 0. The number of hydrogen-bond acceptors (Lipinski definition) is 1. The molecule has 0 heterocycles. The summed E-state index contributed by atoms with van der Waals surface area (Å²) in [5.41, 5.74) is -0.165. The third kappa shape index (κ3) is 7.90. The maximum Gasteiger partial charge on any atom is 0.315 e. The van der Waals surface area contributed by atoms with Gasteiger partial charge in [0.1, 0.15) is 0 Å². The minimum Gasteiger partial charge on any atom is -0.336 e. The molecule has 3 heteroatoms. The smallest absolute Gasteiger partial charge is 0.315 e. The Morgan fingerprint density at radius 3 is 2.07 bits per heavy atom. The molecule has 0 aliphatic heterocycles. The molecule has 2 N–H and O–H groups in total. The zero-order chi connectivity index (χ0) is 11.4. The average Bonchev–Trinajstić information content (AvgIpc) is 1.77. The van der Waals surface area contributed by atoms with E-state index < -0.39 is 0 Å². The predicted octanol–water partition coefficient (Wildman–Crippen LogP) is 2.52. The van der Waals surface area contributed by atoms with Crippen molar-refractivity contribution >= 4 is 6.03 Å². The molecule has 0 radical (unpaired) electrons. The van der Waals surface area contributed by atoms with Crippen molar-refractivity contribution < 1.29 is 4.79 Å². The number of nitrogens with one attached hydrogen (secondary N) is 2. The Bertz CT molecular complexity index is 182. The first-order chi connectivity index (χ1) is 6.20. The second kappa shape index (κ2) is 5.23. The Hall–Kier alpha value is -0.730. The van der Waals surface area contributed by atoms with Crippen LogP contribution in [0.5, 0.6) is 0 Å². The highest BCUT2D eigenvalue weighted by atomic mass is 16.2. The standard InChI is InChI=1S/C11H24N2O/c1-8(2)7-9(3)12-10(14)13-11(4,5)6/h8-9H,7H2,1-6H3,(H2,12,13,14). The van der Waals surface area contributed by atoms with Gasteiger partial charge in [0.15, 0.2) is 0 Å². The molecular weight excluding hydrogens is 176 g/mol. The van der Waals surface area contributed by atoms with Crippen LogP contribution in [-0.4, -0.2) is 17.6 Å². The van der Waals surface area contributed by atoms with Gasteiger partial charge < -0.3 is 10.6 Å². The van der Waals surface area contributed by atoms with Crippen LogP contribution in [0.15, 0.2) is 0 Å². The van der Waals surface area contributed by atoms with Crippen molar-refractivity contribution in [2.24, 2.45) is 5.92 Å².